The van der Waals surface area contributed by atoms with Crippen molar-refractivity contribution in [2.45, 2.75) is 43.9 Å². The van der Waals surface area contributed by atoms with Gasteiger partial charge in [-0.05, 0) is 57.8 Å². The summed E-state index contributed by atoms with van der Waals surface area (Å²) in [5.74, 6) is 1.29. The van der Waals surface area contributed by atoms with Gasteiger partial charge in [0.1, 0.15) is 6.10 Å². The highest BCUT2D eigenvalue weighted by molar-refractivity contribution is 5.81. The molecule has 0 aromatic carbocycles. The number of carbonyl (C=O) groups is 1. The lowest BCUT2D eigenvalue weighted by Crippen LogP contribution is -2.47. The molecule has 3 atom stereocenters. The van der Waals surface area contributed by atoms with Crippen molar-refractivity contribution in [1.29, 1.82) is 0 Å². The van der Waals surface area contributed by atoms with Gasteiger partial charge in [-0.2, -0.15) is 0 Å². The fourth-order valence-corrected chi connectivity index (χ4v) is 4.18. The van der Waals surface area contributed by atoms with Crippen molar-refractivity contribution < 1.29 is 9.53 Å². The molecule has 1 aromatic heterocycles. The number of nitrogens with zero attached hydrogens (tertiary/aromatic N) is 4. The standard InChI is InChI=1S/C18H27N5O2/c1-22-8-4-14(5-9-22)21-17(24)15-11-13-3-10-23(12-16(13)25-15)18-19-6-2-7-20-18/h2,6-7,13-16H,3-5,8-12H2,1H3,(H,21,24)/t13-,15+,16+/m1/s1. The van der Waals surface area contributed by atoms with Crippen LogP contribution in [0.4, 0.5) is 5.95 Å². The molecule has 25 heavy (non-hydrogen) atoms. The van der Waals surface area contributed by atoms with E-state index < -0.39 is 0 Å². The number of likely N-dealkylation sites (tertiary alicyclic amines) is 1. The van der Waals surface area contributed by atoms with Gasteiger partial charge in [0.15, 0.2) is 0 Å². The number of amides is 1. The molecule has 1 aromatic rings. The Morgan fingerprint density at radius 2 is 1.96 bits per heavy atom. The molecule has 7 heteroatoms. The molecule has 0 bridgehead atoms. The van der Waals surface area contributed by atoms with Crippen LogP contribution in [0, 0.1) is 5.92 Å². The number of hydrogen-bond donors (Lipinski definition) is 1. The van der Waals surface area contributed by atoms with Crippen molar-refractivity contribution in [3.63, 3.8) is 0 Å². The minimum Gasteiger partial charge on any atom is -0.363 e. The third-order valence-electron chi connectivity index (χ3n) is 5.74. The van der Waals surface area contributed by atoms with Crippen LogP contribution in [0.25, 0.3) is 0 Å². The largest absolute Gasteiger partial charge is 0.363 e. The Balaban J connectivity index is 1.31. The first kappa shape index (κ1) is 16.7. The molecule has 1 N–H and O–H groups in total. The number of fused-ring (bicyclic) bond motifs is 1. The van der Waals surface area contributed by atoms with Gasteiger partial charge in [0, 0.05) is 31.5 Å². The van der Waals surface area contributed by atoms with Crippen LogP contribution in [-0.4, -0.2) is 72.3 Å². The van der Waals surface area contributed by atoms with Crippen molar-refractivity contribution in [3.05, 3.63) is 18.5 Å². The molecule has 7 nitrogen and oxygen atoms in total. The number of aromatic nitrogens is 2. The summed E-state index contributed by atoms with van der Waals surface area (Å²) in [6.07, 6.45) is 7.26. The van der Waals surface area contributed by atoms with Crippen LogP contribution in [0.3, 0.4) is 0 Å². The molecule has 3 fully saturated rings. The van der Waals surface area contributed by atoms with Gasteiger partial charge in [-0.1, -0.05) is 0 Å². The maximum atomic E-state index is 12.6. The molecule has 0 aliphatic carbocycles. The second-order valence-corrected chi connectivity index (χ2v) is 7.53. The number of ether oxygens (including phenoxy) is 1. The van der Waals surface area contributed by atoms with Crippen LogP contribution in [0.15, 0.2) is 18.5 Å². The van der Waals surface area contributed by atoms with Gasteiger partial charge >= 0.3 is 0 Å². The molecule has 0 spiro atoms. The monoisotopic (exact) mass is 345 g/mol. The molecule has 0 unspecified atom stereocenters. The Hall–Kier alpha value is -1.73. The molecular weight excluding hydrogens is 318 g/mol. The molecule has 3 saturated heterocycles. The molecular formula is C18H27N5O2. The highest BCUT2D eigenvalue weighted by Crippen LogP contribution is 2.34. The third kappa shape index (κ3) is 3.77. The Labute approximate surface area is 148 Å². The molecule has 4 rings (SSSR count). The topological polar surface area (TPSA) is 70.6 Å². The van der Waals surface area contributed by atoms with Crippen LogP contribution >= 0.6 is 0 Å². The van der Waals surface area contributed by atoms with Gasteiger partial charge in [0.2, 0.25) is 11.9 Å². The third-order valence-corrected chi connectivity index (χ3v) is 5.74. The van der Waals surface area contributed by atoms with Crippen LogP contribution < -0.4 is 10.2 Å². The highest BCUT2D eigenvalue weighted by Gasteiger charge is 2.42. The van der Waals surface area contributed by atoms with Crippen molar-refractivity contribution in [3.8, 4) is 0 Å². The Morgan fingerprint density at radius 3 is 2.72 bits per heavy atom. The SMILES string of the molecule is CN1CCC(NC(=O)[C@@H]2C[C@H]3CCN(c4ncccn4)C[C@@H]3O2)CC1. The quantitative estimate of drug-likeness (QED) is 0.868. The minimum atomic E-state index is -0.300. The van der Waals surface area contributed by atoms with E-state index in [9.17, 15) is 4.79 Å². The number of carbonyl (C=O) groups excluding carboxylic acids is 1. The van der Waals surface area contributed by atoms with Crippen molar-refractivity contribution in [2.75, 3.05) is 38.1 Å². The Morgan fingerprint density at radius 1 is 1.20 bits per heavy atom. The summed E-state index contributed by atoms with van der Waals surface area (Å²) in [6.45, 7) is 3.80. The lowest BCUT2D eigenvalue weighted by atomic mass is 9.91. The van der Waals surface area contributed by atoms with E-state index in [4.69, 9.17) is 4.74 Å². The van der Waals surface area contributed by atoms with Gasteiger partial charge in [0.05, 0.1) is 6.10 Å². The summed E-state index contributed by atoms with van der Waals surface area (Å²) >= 11 is 0. The van der Waals surface area contributed by atoms with Crippen molar-refractivity contribution in [2.24, 2.45) is 5.92 Å². The molecule has 0 saturated carbocycles. The summed E-state index contributed by atoms with van der Waals surface area (Å²) in [7, 11) is 2.13. The van der Waals surface area contributed by atoms with E-state index in [1.54, 1.807) is 12.4 Å². The fraction of sp³-hybridized carbons (Fsp3) is 0.722. The van der Waals surface area contributed by atoms with E-state index in [0.29, 0.717) is 12.0 Å². The van der Waals surface area contributed by atoms with E-state index >= 15 is 0 Å². The normalized spacial score (nSPS) is 30.9. The lowest BCUT2D eigenvalue weighted by Gasteiger charge is -2.33. The summed E-state index contributed by atoms with van der Waals surface area (Å²) in [6, 6.07) is 2.12. The van der Waals surface area contributed by atoms with Crippen LogP contribution in [0.2, 0.25) is 0 Å². The van der Waals surface area contributed by atoms with Gasteiger partial charge in [-0.15, -0.1) is 0 Å². The number of anilines is 1. The Kier molecular flexibility index (Phi) is 4.85. The van der Waals surface area contributed by atoms with E-state index in [1.165, 1.54) is 0 Å². The zero-order valence-corrected chi connectivity index (χ0v) is 14.8. The van der Waals surface area contributed by atoms with E-state index in [0.717, 1.165) is 57.8 Å². The van der Waals surface area contributed by atoms with Gasteiger partial charge in [-0.25, -0.2) is 9.97 Å². The summed E-state index contributed by atoms with van der Waals surface area (Å²) in [4.78, 5) is 25.7. The first-order valence-corrected chi connectivity index (χ1v) is 9.35. The first-order valence-electron chi connectivity index (χ1n) is 9.35. The zero-order valence-electron chi connectivity index (χ0n) is 14.8. The Bertz CT molecular complexity index is 590. The lowest BCUT2D eigenvalue weighted by molar-refractivity contribution is -0.133. The zero-order chi connectivity index (χ0) is 17.2. The number of nitrogens with one attached hydrogen (secondary N) is 1. The predicted molar refractivity (Wildman–Crippen MR) is 94.3 cm³/mol. The van der Waals surface area contributed by atoms with E-state index in [2.05, 4.69) is 32.1 Å². The van der Waals surface area contributed by atoms with Crippen molar-refractivity contribution >= 4 is 11.9 Å². The second-order valence-electron chi connectivity index (χ2n) is 7.53. The average Bonchev–Trinajstić information content (AvgIpc) is 3.08. The highest BCUT2D eigenvalue weighted by atomic mass is 16.5. The summed E-state index contributed by atoms with van der Waals surface area (Å²) in [5.41, 5.74) is 0. The minimum absolute atomic E-state index is 0.0754. The van der Waals surface area contributed by atoms with Crippen molar-refractivity contribution in [1.82, 2.24) is 20.2 Å². The maximum Gasteiger partial charge on any atom is 0.249 e. The molecule has 3 aliphatic heterocycles. The van der Waals surface area contributed by atoms with Gasteiger partial charge in [0.25, 0.3) is 0 Å². The van der Waals surface area contributed by atoms with Crippen LogP contribution in [0.1, 0.15) is 25.7 Å². The predicted octanol–water partition coefficient (Wildman–Crippen LogP) is 0.671. The van der Waals surface area contributed by atoms with Crippen LogP contribution in [-0.2, 0) is 9.53 Å². The number of piperidine rings is 2. The molecule has 0 radical (unpaired) electrons. The molecule has 3 aliphatic rings. The summed E-state index contributed by atoms with van der Waals surface area (Å²) < 4.78 is 6.12. The number of rotatable bonds is 3. The second kappa shape index (κ2) is 7.25. The molecule has 1 amide bonds. The molecule has 136 valence electrons. The fourth-order valence-electron chi connectivity index (χ4n) is 4.18. The number of hydrogen-bond acceptors (Lipinski definition) is 6. The average molecular weight is 345 g/mol. The maximum absolute atomic E-state index is 12.6. The van der Waals surface area contributed by atoms with E-state index in [1.807, 2.05) is 6.07 Å². The first-order chi connectivity index (χ1) is 12.2. The van der Waals surface area contributed by atoms with Gasteiger partial charge in [-0.3, -0.25) is 4.79 Å². The van der Waals surface area contributed by atoms with E-state index in [-0.39, 0.29) is 18.1 Å². The van der Waals surface area contributed by atoms with Gasteiger partial charge < -0.3 is 19.9 Å². The molecule has 4 heterocycles. The van der Waals surface area contributed by atoms with Crippen LogP contribution in [0.5, 0.6) is 0 Å². The smallest absolute Gasteiger partial charge is 0.249 e. The summed E-state index contributed by atoms with van der Waals surface area (Å²) in [5, 5.41) is 3.21.